The van der Waals surface area contributed by atoms with Gasteiger partial charge in [-0.15, -0.1) is 0 Å². The third-order valence-corrected chi connectivity index (χ3v) is 3.82. The van der Waals surface area contributed by atoms with E-state index in [1.165, 1.54) is 13.2 Å². The molecule has 130 valence electrons. The van der Waals surface area contributed by atoms with E-state index < -0.39 is 18.1 Å². The zero-order valence-electron chi connectivity index (χ0n) is 11.0. The average molecular weight is 570 g/mol. The van der Waals surface area contributed by atoms with Crippen LogP contribution in [0.25, 0.3) is 0 Å². The van der Waals surface area contributed by atoms with Crippen LogP contribution in [0.4, 0.5) is 30.7 Å². The largest absolute Gasteiger partial charge is 0.495 e. The molecule has 0 heterocycles. The molecule has 0 aliphatic heterocycles. The van der Waals surface area contributed by atoms with Gasteiger partial charge in [0.1, 0.15) is 5.75 Å². The molecular formula is C11H7F7I2N2O. The van der Waals surface area contributed by atoms with E-state index >= 15 is 0 Å². The van der Waals surface area contributed by atoms with Crippen LogP contribution in [0.15, 0.2) is 17.2 Å². The third kappa shape index (κ3) is 4.51. The molecule has 3 nitrogen and oxygen atoms in total. The van der Waals surface area contributed by atoms with Crippen molar-refractivity contribution in [1.29, 1.82) is 0 Å². The van der Waals surface area contributed by atoms with E-state index in [2.05, 4.69) is 5.10 Å². The monoisotopic (exact) mass is 570 g/mol. The Bertz CT molecular complexity index is 605. The smallest absolute Gasteiger partial charge is 0.462 e. The molecule has 0 spiro atoms. The average Bonchev–Trinajstić information content (AvgIpc) is 2.36. The first-order valence-electron chi connectivity index (χ1n) is 5.49. The first-order chi connectivity index (χ1) is 10.3. The van der Waals surface area contributed by atoms with Crippen LogP contribution in [0.2, 0.25) is 0 Å². The Hall–Kier alpha value is -0.540. The first kappa shape index (κ1) is 20.5. The van der Waals surface area contributed by atoms with Gasteiger partial charge in [-0.05, 0) is 57.3 Å². The van der Waals surface area contributed by atoms with Crippen LogP contribution in [-0.4, -0.2) is 31.5 Å². The van der Waals surface area contributed by atoms with E-state index in [9.17, 15) is 30.7 Å². The van der Waals surface area contributed by atoms with E-state index in [1.54, 1.807) is 6.07 Å². The molecule has 0 aromatic heterocycles. The maximum atomic E-state index is 13.0. The number of nitrogens with zero attached hydrogens (tertiary/aromatic N) is 1. The lowest BCUT2D eigenvalue weighted by atomic mass is 10.2. The maximum absolute atomic E-state index is 13.0. The maximum Gasteiger partial charge on any atom is 0.462 e. The van der Waals surface area contributed by atoms with Gasteiger partial charge in [-0.1, -0.05) is 0 Å². The molecule has 1 N–H and O–H groups in total. The van der Waals surface area contributed by atoms with E-state index in [4.69, 9.17) is 4.74 Å². The summed E-state index contributed by atoms with van der Waals surface area (Å²) in [6.07, 6.45) is -5.75. The molecule has 0 bridgehead atoms. The normalized spacial score (nSPS) is 13.5. The summed E-state index contributed by atoms with van der Waals surface area (Å²) in [7, 11) is 1.28. The van der Waals surface area contributed by atoms with Crippen LogP contribution in [0.1, 0.15) is 5.56 Å². The SMILES string of the molecule is COc1c(I)cc(I)cc1/C=N\NC(F)(F)C(F)(F)C(F)(F)F. The number of methoxy groups -OCH3 is 1. The van der Waals surface area contributed by atoms with Crippen LogP contribution >= 0.6 is 45.2 Å². The van der Waals surface area contributed by atoms with Crippen molar-refractivity contribution < 1.29 is 35.5 Å². The fourth-order valence-electron chi connectivity index (χ4n) is 1.32. The number of ether oxygens (including phenoxy) is 1. The van der Waals surface area contributed by atoms with Crippen molar-refractivity contribution in [3.8, 4) is 5.75 Å². The molecule has 0 saturated carbocycles. The summed E-state index contributed by atoms with van der Waals surface area (Å²) in [5.41, 5.74) is 0.677. The van der Waals surface area contributed by atoms with Gasteiger partial charge in [-0.25, -0.2) is 5.43 Å². The molecule has 1 aromatic rings. The molecule has 0 unspecified atom stereocenters. The Balaban J connectivity index is 3.04. The summed E-state index contributed by atoms with van der Waals surface area (Å²) in [6, 6.07) is -2.51. The second kappa shape index (κ2) is 7.14. The van der Waals surface area contributed by atoms with Crippen LogP contribution in [0, 0.1) is 7.14 Å². The van der Waals surface area contributed by atoms with E-state index in [1.807, 2.05) is 45.2 Å². The Morgan fingerprint density at radius 3 is 2.13 bits per heavy atom. The fourth-order valence-corrected chi connectivity index (χ4v) is 3.43. The van der Waals surface area contributed by atoms with Crippen molar-refractivity contribution in [3.05, 3.63) is 24.8 Å². The molecular weight excluding hydrogens is 563 g/mol. The number of hydrogen-bond donors (Lipinski definition) is 1. The second-order valence-electron chi connectivity index (χ2n) is 4.03. The number of nitrogens with one attached hydrogen (secondary N) is 1. The predicted molar refractivity (Wildman–Crippen MR) is 85.1 cm³/mol. The molecule has 0 aliphatic rings. The van der Waals surface area contributed by atoms with Crippen LogP contribution in [-0.2, 0) is 0 Å². The van der Waals surface area contributed by atoms with Crippen molar-refractivity contribution in [2.24, 2.45) is 5.10 Å². The first-order valence-corrected chi connectivity index (χ1v) is 7.65. The topological polar surface area (TPSA) is 33.6 Å². The van der Waals surface area contributed by atoms with Gasteiger partial charge in [0.2, 0.25) is 0 Å². The lowest BCUT2D eigenvalue weighted by Gasteiger charge is -2.27. The van der Waals surface area contributed by atoms with Crippen LogP contribution in [0.5, 0.6) is 5.75 Å². The molecule has 1 aromatic carbocycles. The van der Waals surface area contributed by atoms with E-state index in [0.717, 1.165) is 0 Å². The zero-order valence-corrected chi connectivity index (χ0v) is 15.3. The number of hydrazone groups is 1. The minimum absolute atomic E-state index is 0.127. The van der Waals surface area contributed by atoms with Gasteiger partial charge >= 0.3 is 18.1 Å². The highest BCUT2D eigenvalue weighted by Crippen LogP contribution is 2.45. The van der Waals surface area contributed by atoms with Crippen LogP contribution in [0.3, 0.4) is 0 Å². The second-order valence-corrected chi connectivity index (χ2v) is 6.43. The third-order valence-electron chi connectivity index (χ3n) is 2.40. The van der Waals surface area contributed by atoms with Crippen molar-refractivity contribution in [2.45, 2.75) is 18.1 Å². The molecule has 0 saturated heterocycles. The molecule has 0 fully saturated rings. The van der Waals surface area contributed by atoms with Gasteiger partial charge in [0.05, 0.1) is 16.9 Å². The van der Waals surface area contributed by atoms with E-state index in [-0.39, 0.29) is 11.3 Å². The molecule has 12 heteroatoms. The quantitative estimate of drug-likeness (QED) is 0.185. The van der Waals surface area contributed by atoms with Gasteiger partial charge in [0, 0.05) is 9.13 Å². The number of alkyl halides is 7. The van der Waals surface area contributed by atoms with Crippen molar-refractivity contribution >= 4 is 51.4 Å². The minimum Gasteiger partial charge on any atom is -0.495 e. The highest BCUT2D eigenvalue weighted by atomic mass is 127. The highest BCUT2D eigenvalue weighted by molar-refractivity contribution is 14.1. The van der Waals surface area contributed by atoms with Gasteiger partial charge in [0.15, 0.2) is 0 Å². The summed E-state index contributed by atoms with van der Waals surface area (Å²) in [6.45, 7) is 0. The Kier molecular flexibility index (Phi) is 6.37. The molecule has 1 rings (SSSR count). The van der Waals surface area contributed by atoms with Crippen LogP contribution < -0.4 is 10.2 Å². The molecule has 0 aliphatic carbocycles. The van der Waals surface area contributed by atoms with Gasteiger partial charge < -0.3 is 4.74 Å². The van der Waals surface area contributed by atoms with Crippen molar-refractivity contribution in [2.75, 3.05) is 7.11 Å². The Labute approximate surface area is 152 Å². The van der Waals surface area contributed by atoms with Gasteiger partial charge in [-0.3, -0.25) is 0 Å². The van der Waals surface area contributed by atoms with Crippen molar-refractivity contribution in [3.63, 3.8) is 0 Å². The standard InChI is InChI=1S/C11H7F7I2N2O/c1-23-8-5(2-6(19)3-7(8)20)4-21-22-11(17,18)9(12,13)10(14,15)16/h2-4,22H,1H3/b21-4-. The number of halogens is 9. The predicted octanol–water partition coefficient (Wildman–Crippen LogP) is 4.62. The summed E-state index contributed by atoms with van der Waals surface area (Å²) in [5.74, 6) is -6.07. The summed E-state index contributed by atoms with van der Waals surface area (Å²) >= 11 is 3.77. The van der Waals surface area contributed by atoms with Crippen molar-refractivity contribution in [1.82, 2.24) is 5.43 Å². The van der Waals surface area contributed by atoms with Gasteiger partial charge in [0.25, 0.3) is 0 Å². The molecule has 23 heavy (non-hydrogen) atoms. The Morgan fingerprint density at radius 2 is 1.65 bits per heavy atom. The van der Waals surface area contributed by atoms with E-state index in [0.29, 0.717) is 18.8 Å². The summed E-state index contributed by atoms with van der Waals surface area (Å²) in [4.78, 5) is 0. The molecule has 0 atom stereocenters. The fraction of sp³-hybridized carbons (Fsp3) is 0.364. The highest BCUT2D eigenvalue weighted by Gasteiger charge is 2.73. The lowest BCUT2D eigenvalue weighted by Crippen LogP contribution is -2.58. The lowest BCUT2D eigenvalue weighted by molar-refractivity contribution is -0.361. The summed E-state index contributed by atoms with van der Waals surface area (Å²) in [5, 5.41) is 2.79. The number of benzene rings is 1. The van der Waals surface area contributed by atoms with Gasteiger partial charge in [-0.2, -0.15) is 35.8 Å². The zero-order chi connectivity index (χ0) is 18.1. The molecule has 0 amide bonds. The summed E-state index contributed by atoms with van der Waals surface area (Å²) < 4.78 is 93.5. The minimum atomic E-state index is -6.42. The molecule has 0 radical (unpaired) electrons. The number of hydrogen-bond acceptors (Lipinski definition) is 3. The Morgan fingerprint density at radius 1 is 1.09 bits per heavy atom. The number of rotatable bonds is 5.